The quantitative estimate of drug-likeness (QED) is 0.727. The fraction of sp³-hybridized carbons (Fsp3) is 0.562. The molecule has 0 atom stereocenters. The molecule has 19 heavy (non-hydrogen) atoms. The average molecular weight is 259 g/mol. The molecule has 1 fully saturated rings. The lowest BCUT2D eigenvalue weighted by Gasteiger charge is -2.21. The second-order valence-corrected chi connectivity index (χ2v) is 5.48. The lowest BCUT2D eigenvalue weighted by atomic mass is 10.2. The molecule has 1 saturated carbocycles. The third-order valence-corrected chi connectivity index (χ3v) is 3.44. The SMILES string of the molecule is C=C(CNC1CC1)CN(CC)Cc1cccc(C)n1. The molecule has 3 nitrogen and oxygen atoms in total. The summed E-state index contributed by atoms with van der Waals surface area (Å²) >= 11 is 0. The minimum Gasteiger partial charge on any atom is -0.310 e. The first-order valence-electron chi connectivity index (χ1n) is 7.22. The van der Waals surface area contributed by atoms with E-state index in [0.717, 1.165) is 43.6 Å². The summed E-state index contributed by atoms with van der Waals surface area (Å²) in [4.78, 5) is 6.95. The highest BCUT2D eigenvalue weighted by molar-refractivity contribution is 5.10. The van der Waals surface area contributed by atoms with Gasteiger partial charge in [-0.2, -0.15) is 0 Å². The topological polar surface area (TPSA) is 28.2 Å². The number of rotatable bonds is 8. The van der Waals surface area contributed by atoms with E-state index in [4.69, 9.17) is 0 Å². The third kappa shape index (κ3) is 5.13. The first kappa shape index (κ1) is 14.2. The van der Waals surface area contributed by atoms with E-state index in [1.165, 1.54) is 18.4 Å². The molecule has 2 rings (SSSR count). The Balaban J connectivity index is 1.79. The Morgan fingerprint density at radius 1 is 1.47 bits per heavy atom. The standard InChI is InChI=1S/C16H25N3/c1-4-19(11-13(2)10-17-15-8-9-15)12-16-7-5-6-14(3)18-16/h5-7,15,17H,2,4,8-12H2,1,3H3. The molecule has 0 radical (unpaired) electrons. The van der Waals surface area contributed by atoms with E-state index in [1.807, 2.05) is 13.0 Å². The Labute approximate surface area is 116 Å². The second-order valence-electron chi connectivity index (χ2n) is 5.48. The zero-order chi connectivity index (χ0) is 13.7. The molecule has 1 N–H and O–H groups in total. The lowest BCUT2D eigenvalue weighted by Crippen LogP contribution is -2.29. The van der Waals surface area contributed by atoms with Crippen molar-refractivity contribution >= 4 is 0 Å². The molecule has 1 aromatic rings. The van der Waals surface area contributed by atoms with Gasteiger partial charge in [-0.15, -0.1) is 0 Å². The Morgan fingerprint density at radius 2 is 2.26 bits per heavy atom. The Hall–Kier alpha value is -1.19. The van der Waals surface area contributed by atoms with Gasteiger partial charge in [0.15, 0.2) is 0 Å². The van der Waals surface area contributed by atoms with Crippen molar-refractivity contribution in [3.05, 3.63) is 41.7 Å². The van der Waals surface area contributed by atoms with Crippen molar-refractivity contribution in [3.8, 4) is 0 Å². The van der Waals surface area contributed by atoms with Crippen LogP contribution in [0.5, 0.6) is 0 Å². The molecule has 0 unspecified atom stereocenters. The summed E-state index contributed by atoms with van der Waals surface area (Å²) in [5.74, 6) is 0. The number of hydrogen-bond donors (Lipinski definition) is 1. The molecule has 1 aliphatic rings. The Morgan fingerprint density at radius 3 is 2.89 bits per heavy atom. The molecule has 0 amide bonds. The van der Waals surface area contributed by atoms with Crippen LogP contribution >= 0.6 is 0 Å². The van der Waals surface area contributed by atoms with Crippen LogP contribution in [0.2, 0.25) is 0 Å². The summed E-state index contributed by atoms with van der Waals surface area (Å²) in [6, 6.07) is 6.97. The van der Waals surface area contributed by atoms with Gasteiger partial charge in [0.25, 0.3) is 0 Å². The maximum absolute atomic E-state index is 4.57. The zero-order valence-electron chi connectivity index (χ0n) is 12.2. The van der Waals surface area contributed by atoms with Crippen molar-refractivity contribution in [3.63, 3.8) is 0 Å². The molecule has 1 aromatic heterocycles. The van der Waals surface area contributed by atoms with Gasteiger partial charge in [0.2, 0.25) is 0 Å². The first-order chi connectivity index (χ1) is 9.17. The highest BCUT2D eigenvalue weighted by Gasteiger charge is 2.20. The van der Waals surface area contributed by atoms with Gasteiger partial charge in [0.1, 0.15) is 0 Å². The predicted molar refractivity (Wildman–Crippen MR) is 80.1 cm³/mol. The van der Waals surface area contributed by atoms with Crippen molar-refractivity contribution in [2.45, 2.75) is 39.3 Å². The van der Waals surface area contributed by atoms with E-state index >= 15 is 0 Å². The number of pyridine rings is 1. The predicted octanol–water partition coefficient (Wildman–Crippen LogP) is 2.52. The monoisotopic (exact) mass is 259 g/mol. The minimum atomic E-state index is 0.755. The van der Waals surface area contributed by atoms with E-state index in [2.05, 4.69) is 40.8 Å². The van der Waals surface area contributed by atoms with Gasteiger partial charge in [0.05, 0.1) is 5.69 Å². The van der Waals surface area contributed by atoms with E-state index in [1.54, 1.807) is 0 Å². The largest absolute Gasteiger partial charge is 0.310 e. The van der Waals surface area contributed by atoms with Crippen LogP contribution in [0.1, 0.15) is 31.2 Å². The van der Waals surface area contributed by atoms with Gasteiger partial charge in [-0.3, -0.25) is 9.88 Å². The average Bonchev–Trinajstić information content (AvgIpc) is 3.19. The zero-order valence-corrected chi connectivity index (χ0v) is 12.2. The summed E-state index contributed by atoms with van der Waals surface area (Å²) in [7, 11) is 0. The van der Waals surface area contributed by atoms with Crippen LogP contribution in [0.4, 0.5) is 0 Å². The van der Waals surface area contributed by atoms with E-state index in [-0.39, 0.29) is 0 Å². The molecule has 0 bridgehead atoms. The van der Waals surface area contributed by atoms with Crippen molar-refractivity contribution in [2.75, 3.05) is 19.6 Å². The number of hydrogen-bond acceptors (Lipinski definition) is 3. The van der Waals surface area contributed by atoms with Gasteiger partial charge in [-0.05, 0) is 44.0 Å². The van der Waals surface area contributed by atoms with Crippen molar-refractivity contribution < 1.29 is 0 Å². The second kappa shape index (κ2) is 6.83. The van der Waals surface area contributed by atoms with Crippen LogP contribution in [0.25, 0.3) is 0 Å². The highest BCUT2D eigenvalue weighted by atomic mass is 15.1. The smallest absolute Gasteiger partial charge is 0.0547 e. The van der Waals surface area contributed by atoms with Crippen LogP contribution in [0.3, 0.4) is 0 Å². The number of nitrogens with one attached hydrogen (secondary N) is 1. The van der Waals surface area contributed by atoms with Crippen LogP contribution in [0.15, 0.2) is 30.4 Å². The summed E-state index contributed by atoms with van der Waals surface area (Å²) < 4.78 is 0. The van der Waals surface area contributed by atoms with Crippen molar-refractivity contribution in [2.24, 2.45) is 0 Å². The van der Waals surface area contributed by atoms with Crippen LogP contribution in [-0.4, -0.2) is 35.6 Å². The molecular formula is C16H25N3. The normalized spacial score (nSPS) is 14.9. The Kier molecular flexibility index (Phi) is 5.11. The fourth-order valence-corrected chi connectivity index (χ4v) is 2.14. The van der Waals surface area contributed by atoms with E-state index in [0.29, 0.717) is 0 Å². The van der Waals surface area contributed by atoms with E-state index in [9.17, 15) is 0 Å². The molecular weight excluding hydrogens is 234 g/mol. The van der Waals surface area contributed by atoms with Crippen LogP contribution in [0, 0.1) is 6.92 Å². The summed E-state index contributed by atoms with van der Waals surface area (Å²) in [6.45, 7) is 12.2. The third-order valence-electron chi connectivity index (χ3n) is 3.44. The molecule has 104 valence electrons. The number of aromatic nitrogens is 1. The summed E-state index contributed by atoms with van der Waals surface area (Å²) in [6.07, 6.45) is 2.66. The molecule has 0 aliphatic heterocycles. The van der Waals surface area contributed by atoms with Gasteiger partial charge in [0, 0.05) is 31.4 Å². The number of nitrogens with zero attached hydrogens (tertiary/aromatic N) is 2. The minimum absolute atomic E-state index is 0.755. The van der Waals surface area contributed by atoms with Gasteiger partial charge in [-0.1, -0.05) is 19.6 Å². The van der Waals surface area contributed by atoms with Crippen LogP contribution in [-0.2, 0) is 6.54 Å². The highest BCUT2D eigenvalue weighted by Crippen LogP contribution is 2.18. The van der Waals surface area contributed by atoms with Crippen molar-refractivity contribution in [1.82, 2.24) is 15.2 Å². The van der Waals surface area contributed by atoms with Gasteiger partial charge >= 0.3 is 0 Å². The maximum atomic E-state index is 4.57. The van der Waals surface area contributed by atoms with E-state index < -0.39 is 0 Å². The number of aryl methyl sites for hydroxylation is 1. The van der Waals surface area contributed by atoms with Crippen LogP contribution < -0.4 is 5.32 Å². The molecule has 0 spiro atoms. The van der Waals surface area contributed by atoms with Gasteiger partial charge < -0.3 is 5.32 Å². The first-order valence-corrected chi connectivity index (χ1v) is 7.22. The summed E-state index contributed by atoms with van der Waals surface area (Å²) in [5.41, 5.74) is 3.49. The molecule has 1 aliphatic carbocycles. The summed E-state index contributed by atoms with van der Waals surface area (Å²) in [5, 5.41) is 3.52. The molecule has 3 heteroatoms. The fourth-order valence-electron chi connectivity index (χ4n) is 2.14. The lowest BCUT2D eigenvalue weighted by molar-refractivity contribution is 0.298. The van der Waals surface area contributed by atoms with Gasteiger partial charge in [-0.25, -0.2) is 0 Å². The molecule has 1 heterocycles. The van der Waals surface area contributed by atoms with Crippen molar-refractivity contribution in [1.29, 1.82) is 0 Å². The number of likely N-dealkylation sites (N-methyl/N-ethyl adjacent to an activating group) is 1. The Bertz CT molecular complexity index is 424. The maximum Gasteiger partial charge on any atom is 0.0547 e. The molecule has 0 saturated heterocycles. The molecule has 0 aromatic carbocycles.